The molecule has 2 fully saturated rings. The minimum atomic E-state index is 0.177. The van der Waals surface area contributed by atoms with E-state index < -0.39 is 0 Å². The summed E-state index contributed by atoms with van der Waals surface area (Å²) in [6, 6.07) is 8.14. The van der Waals surface area contributed by atoms with Gasteiger partial charge in [0.2, 0.25) is 5.91 Å². The Morgan fingerprint density at radius 3 is 2.73 bits per heavy atom. The number of benzene rings is 1. The number of nitrogens with zero attached hydrogens (tertiary/aromatic N) is 2. The summed E-state index contributed by atoms with van der Waals surface area (Å²) in [4.78, 5) is 16.9. The normalized spacial score (nSPS) is 23.5. The first-order valence-electron chi connectivity index (χ1n) is 8.22. The fraction of sp³-hybridized carbons (Fsp3) is 0.588. The van der Waals surface area contributed by atoms with E-state index in [0.29, 0.717) is 6.54 Å². The van der Waals surface area contributed by atoms with Crippen molar-refractivity contribution in [3.05, 3.63) is 34.9 Å². The summed E-state index contributed by atoms with van der Waals surface area (Å²) in [5.41, 5.74) is 1.11. The lowest BCUT2D eigenvalue weighted by Crippen LogP contribution is -2.50. The molecule has 1 aromatic carbocycles. The van der Waals surface area contributed by atoms with E-state index in [1.165, 1.54) is 6.42 Å². The van der Waals surface area contributed by atoms with E-state index in [2.05, 4.69) is 16.3 Å². The Hall–Kier alpha value is -1.10. The van der Waals surface area contributed by atoms with Crippen LogP contribution in [0.1, 0.15) is 30.9 Å². The van der Waals surface area contributed by atoms with Gasteiger partial charge < -0.3 is 10.2 Å². The van der Waals surface area contributed by atoms with E-state index in [4.69, 9.17) is 11.6 Å². The first kappa shape index (κ1) is 15.8. The molecule has 0 aromatic heterocycles. The van der Waals surface area contributed by atoms with Crippen molar-refractivity contribution >= 4 is 17.5 Å². The smallest absolute Gasteiger partial charge is 0.236 e. The number of carbonyl (C=O) groups excluding carboxylic acids is 1. The van der Waals surface area contributed by atoms with Gasteiger partial charge in [-0.3, -0.25) is 9.69 Å². The molecule has 0 bridgehead atoms. The van der Waals surface area contributed by atoms with Gasteiger partial charge in [-0.05, 0) is 30.9 Å². The van der Waals surface area contributed by atoms with Gasteiger partial charge >= 0.3 is 0 Å². The molecule has 2 saturated heterocycles. The molecule has 1 N–H and O–H groups in total. The standard InChI is InChI=1S/C17H24ClN3O/c18-15-7-3-2-6-14(15)16-12-19-8-11-21(16)13-17(22)20-9-4-1-5-10-20/h2-3,6-7,16,19H,1,4-5,8-13H2. The largest absolute Gasteiger partial charge is 0.342 e. The minimum Gasteiger partial charge on any atom is -0.342 e. The van der Waals surface area contributed by atoms with Crippen LogP contribution in [0.3, 0.4) is 0 Å². The van der Waals surface area contributed by atoms with E-state index in [-0.39, 0.29) is 11.9 Å². The Labute approximate surface area is 137 Å². The quantitative estimate of drug-likeness (QED) is 0.928. The highest BCUT2D eigenvalue weighted by atomic mass is 35.5. The number of halogens is 1. The summed E-state index contributed by atoms with van der Waals surface area (Å²) in [6.07, 6.45) is 3.53. The summed E-state index contributed by atoms with van der Waals surface area (Å²) in [7, 11) is 0. The van der Waals surface area contributed by atoms with Gasteiger partial charge in [-0.15, -0.1) is 0 Å². The van der Waals surface area contributed by atoms with Crippen molar-refractivity contribution < 1.29 is 4.79 Å². The third-order valence-corrected chi connectivity index (χ3v) is 5.01. The van der Waals surface area contributed by atoms with Crippen LogP contribution in [0.25, 0.3) is 0 Å². The first-order chi connectivity index (χ1) is 10.8. The molecule has 1 atom stereocenters. The van der Waals surface area contributed by atoms with E-state index in [1.807, 2.05) is 23.1 Å². The van der Waals surface area contributed by atoms with Gasteiger partial charge in [-0.25, -0.2) is 0 Å². The van der Waals surface area contributed by atoms with Crippen molar-refractivity contribution in [2.75, 3.05) is 39.3 Å². The third-order valence-electron chi connectivity index (χ3n) is 4.67. The van der Waals surface area contributed by atoms with Crippen LogP contribution in [-0.2, 0) is 4.79 Å². The molecular formula is C17H24ClN3O. The van der Waals surface area contributed by atoms with E-state index in [1.54, 1.807) is 0 Å². The molecule has 3 rings (SSSR count). The van der Waals surface area contributed by atoms with Gasteiger partial charge in [0.25, 0.3) is 0 Å². The SMILES string of the molecule is O=C(CN1CCNCC1c1ccccc1Cl)N1CCCCC1. The zero-order valence-corrected chi connectivity index (χ0v) is 13.7. The fourth-order valence-corrected chi connectivity index (χ4v) is 3.67. The number of rotatable bonds is 3. The molecular weight excluding hydrogens is 298 g/mol. The van der Waals surface area contributed by atoms with E-state index in [9.17, 15) is 4.79 Å². The molecule has 0 aliphatic carbocycles. The predicted octanol–water partition coefficient (Wildman–Crippen LogP) is 2.30. The summed E-state index contributed by atoms with van der Waals surface area (Å²) >= 11 is 6.36. The molecule has 0 saturated carbocycles. The van der Waals surface area contributed by atoms with Crippen LogP contribution in [0.5, 0.6) is 0 Å². The molecule has 120 valence electrons. The average Bonchev–Trinajstić information content (AvgIpc) is 2.57. The lowest BCUT2D eigenvalue weighted by Gasteiger charge is -2.38. The second-order valence-electron chi connectivity index (χ2n) is 6.15. The highest BCUT2D eigenvalue weighted by molar-refractivity contribution is 6.31. The summed E-state index contributed by atoms with van der Waals surface area (Å²) in [5, 5.41) is 4.20. The van der Waals surface area contributed by atoms with Crippen molar-refractivity contribution in [1.82, 2.24) is 15.1 Å². The Bertz CT molecular complexity index is 516. The number of piperazine rings is 1. The Morgan fingerprint density at radius 1 is 1.18 bits per heavy atom. The van der Waals surface area contributed by atoms with Crippen LogP contribution < -0.4 is 5.32 Å². The lowest BCUT2D eigenvalue weighted by atomic mass is 10.0. The molecule has 22 heavy (non-hydrogen) atoms. The molecule has 2 aliphatic rings. The van der Waals surface area contributed by atoms with Gasteiger partial charge in [-0.2, -0.15) is 0 Å². The van der Waals surface area contributed by atoms with Crippen LogP contribution in [-0.4, -0.2) is 55.0 Å². The number of hydrogen-bond acceptors (Lipinski definition) is 3. The van der Waals surface area contributed by atoms with Gasteiger partial charge in [-0.1, -0.05) is 29.8 Å². The molecule has 1 amide bonds. The molecule has 1 aromatic rings. The molecule has 2 aliphatic heterocycles. The zero-order valence-electron chi connectivity index (χ0n) is 12.9. The van der Waals surface area contributed by atoms with E-state index in [0.717, 1.165) is 56.2 Å². The second-order valence-corrected chi connectivity index (χ2v) is 6.56. The van der Waals surface area contributed by atoms with Crippen molar-refractivity contribution in [3.63, 3.8) is 0 Å². The lowest BCUT2D eigenvalue weighted by molar-refractivity contribution is -0.134. The second kappa shape index (κ2) is 7.44. The maximum absolute atomic E-state index is 12.6. The number of piperidine rings is 1. The topological polar surface area (TPSA) is 35.6 Å². The fourth-order valence-electron chi connectivity index (χ4n) is 3.40. The minimum absolute atomic E-state index is 0.177. The average molecular weight is 322 g/mol. The number of nitrogens with one attached hydrogen (secondary N) is 1. The molecule has 0 spiro atoms. The highest BCUT2D eigenvalue weighted by Gasteiger charge is 2.28. The van der Waals surface area contributed by atoms with Crippen molar-refractivity contribution in [3.8, 4) is 0 Å². The predicted molar refractivity (Wildman–Crippen MR) is 89.1 cm³/mol. The Morgan fingerprint density at radius 2 is 1.95 bits per heavy atom. The molecule has 4 nitrogen and oxygen atoms in total. The monoisotopic (exact) mass is 321 g/mol. The van der Waals surface area contributed by atoms with Crippen LogP contribution in [0.15, 0.2) is 24.3 Å². The molecule has 1 unspecified atom stereocenters. The van der Waals surface area contributed by atoms with Gasteiger partial charge in [0.05, 0.1) is 6.54 Å². The number of hydrogen-bond donors (Lipinski definition) is 1. The van der Waals surface area contributed by atoms with Crippen molar-refractivity contribution in [1.29, 1.82) is 0 Å². The summed E-state index contributed by atoms with van der Waals surface area (Å²) in [6.45, 7) is 4.99. The first-order valence-corrected chi connectivity index (χ1v) is 8.60. The number of likely N-dealkylation sites (tertiary alicyclic amines) is 1. The number of amides is 1. The highest BCUT2D eigenvalue weighted by Crippen LogP contribution is 2.28. The van der Waals surface area contributed by atoms with Crippen molar-refractivity contribution in [2.24, 2.45) is 0 Å². The zero-order chi connectivity index (χ0) is 15.4. The van der Waals surface area contributed by atoms with Crippen LogP contribution in [0.4, 0.5) is 0 Å². The van der Waals surface area contributed by atoms with Crippen LogP contribution >= 0.6 is 11.6 Å². The van der Waals surface area contributed by atoms with Crippen LogP contribution in [0.2, 0.25) is 5.02 Å². The maximum Gasteiger partial charge on any atom is 0.236 e. The summed E-state index contributed by atoms with van der Waals surface area (Å²) in [5.74, 6) is 0.263. The van der Waals surface area contributed by atoms with Crippen LogP contribution in [0, 0.1) is 0 Å². The molecule has 5 heteroatoms. The molecule has 0 radical (unpaired) electrons. The maximum atomic E-state index is 12.6. The van der Waals surface area contributed by atoms with Crippen molar-refractivity contribution in [2.45, 2.75) is 25.3 Å². The molecule has 2 heterocycles. The van der Waals surface area contributed by atoms with E-state index >= 15 is 0 Å². The Balaban J connectivity index is 1.70. The third kappa shape index (κ3) is 3.62. The van der Waals surface area contributed by atoms with Gasteiger partial charge in [0.15, 0.2) is 0 Å². The summed E-state index contributed by atoms with van der Waals surface area (Å²) < 4.78 is 0. The van der Waals surface area contributed by atoms with Gasteiger partial charge in [0, 0.05) is 43.8 Å². The number of carbonyl (C=O) groups is 1. The Kier molecular flexibility index (Phi) is 5.34. The van der Waals surface area contributed by atoms with Gasteiger partial charge in [0.1, 0.15) is 0 Å².